The Hall–Kier alpha value is -2.49. The van der Waals surface area contributed by atoms with Crippen molar-refractivity contribution in [3.63, 3.8) is 0 Å². The largest absolute Gasteiger partial charge is 0.497 e. The number of hydrogen-bond acceptors (Lipinski definition) is 3. The molecule has 0 heterocycles. The number of ether oxygens (including phenoxy) is 2. The zero-order chi connectivity index (χ0) is 19.5. The molecular weight excluding hydrogens is 338 g/mol. The van der Waals surface area contributed by atoms with E-state index in [4.69, 9.17) is 9.47 Å². The molecule has 146 valence electrons. The van der Waals surface area contributed by atoms with E-state index in [0.717, 1.165) is 49.4 Å². The Morgan fingerprint density at radius 3 is 2.33 bits per heavy atom. The van der Waals surface area contributed by atoms with Gasteiger partial charge in [0.25, 0.3) is 0 Å². The molecule has 0 atom stereocenters. The minimum Gasteiger partial charge on any atom is -0.497 e. The maximum atomic E-state index is 12.7. The Balaban J connectivity index is 2.07. The van der Waals surface area contributed by atoms with E-state index in [0.29, 0.717) is 13.0 Å². The summed E-state index contributed by atoms with van der Waals surface area (Å²) in [5.74, 6) is 1.61. The van der Waals surface area contributed by atoms with E-state index in [-0.39, 0.29) is 5.91 Å². The van der Waals surface area contributed by atoms with Crippen LogP contribution in [0.15, 0.2) is 48.5 Å². The van der Waals surface area contributed by atoms with Crippen molar-refractivity contribution in [3.8, 4) is 11.5 Å². The third-order valence-electron chi connectivity index (χ3n) is 4.45. The van der Waals surface area contributed by atoms with Crippen LogP contribution in [0.25, 0.3) is 0 Å². The van der Waals surface area contributed by atoms with Gasteiger partial charge >= 0.3 is 0 Å². The summed E-state index contributed by atoms with van der Waals surface area (Å²) in [6, 6.07) is 15.9. The van der Waals surface area contributed by atoms with Crippen LogP contribution in [-0.2, 0) is 17.6 Å². The average molecular weight is 370 g/mol. The van der Waals surface area contributed by atoms with E-state index in [1.807, 2.05) is 41.3 Å². The predicted molar refractivity (Wildman–Crippen MR) is 110 cm³/mol. The smallest absolute Gasteiger partial charge is 0.227 e. The minimum absolute atomic E-state index is 0.150. The molecule has 0 aliphatic rings. The van der Waals surface area contributed by atoms with Crippen LogP contribution >= 0.6 is 0 Å². The maximum Gasteiger partial charge on any atom is 0.227 e. The molecule has 0 N–H and O–H groups in total. The SMILES string of the molecule is CCCN(CCC)C(=O)Cc1ccc(OC)cc1OCCc1ccccc1. The Labute approximate surface area is 163 Å². The molecule has 27 heavy (non-hydrogen) atoms. The predicted octanol–water partition coefficient (Wildman–Crippen LogP) is 4.51. The van der Waals surface area contributed by atoms with Crippen molar-refractivity contribution in [2.75, 3.05) is 26.8 Å². The average Bonchev–Trinajstić information content (AvgIpc) is 2.69. The van der Waals surface area contributed by atoms with Gasteiger partial charge in [-0.3, -0.25) is 4.79 Å². The van der Waals surface area contributed by atoms with Crippen molar-refractivity contribution in [1.82, 2.24) is 4.90 Å². The third kappa shape index (κ3) is 6.63. The highest BCUT2D eigenvalue weighted by Crippen LogP contribution is 2.26. The van der Waals surface area contributed by atoms with Crippen LogP contribution in [0.5, 0.6) is 11.5 Å². The Bertz CT molecular complexity index is 694. The number of amides is 1. The maximum absolute atomic E-state index is 12.7. The lowest BCUT2D eigenvalue weighted by molar-refractivity contribution is -0.130. The zero-order valence-electron chi connectivity index (χ0n) is 16.7. The molecule has 0 aromatic heterocycles. The highest BCUT2D eigenvalue weighted by Gasteiger charge is 2.16. The highest BCUT2D eigenvalue weighted by molar-refractivity contribution is 5.79. The quantitative estimate of drug-likeness (QED) is 0.585. The third-order valence-corrected chi connectivity index (χ3v) is 4.45. The van der Waals surface area contributed by atoms with E-state index < -0.39 is 0 Å². The summed E-state index contributed by atoms with van der Waals surface area (Å²) in [6.07, 6.45) is 3.11. The summed E-state index contributed by atoms with van der Waals surface area (Å²) >= 11 is 0. The molecule has 0 saturated heterocycles. The van der Waals surface area contributed by atoms with Crippen LogP contribution in [0.4, 0.5) is 0 Å². The first-order chi connectivity index (χ1) is 13.2. The first kappa shape index (κ1) is 20.8. The van der Waals surface area contributed by atoms with Crippen molar-refractivity contribution in [2.45, 2.75) is 39.5 Å². The van der Waals surface area contributed by atoms with E-state index in [1.165, 1.54) is 5.56 Å². The monoisotopic (exact) mass is 369 g/mol. The van der Waals surface area contributed by atoms with Crippen LogP contribution in [0.2, 0.25) is 0 Å². The Morgan fingerprint density at radius 2 is 1.70 bits per heavy atom. The number of carbonyl (C=O) groups is 1. The summed E-state index contributed by atoms with van der Waals surface area (Å²) in [7, 11) is 1.64. The van der Waals surface area contributed by atoms with Gasteiger partial charge in [0.2, 0.25) is 5.91 Å². The van der Waals surface area contributed by atoms with Gasteiger partial charge in [-0.1, -0.05) is 50.2 Å². The number of hydrogen-bond donors (Lipinski definition) is 0. The van der Waals surface area contributed by atoms with Crippen molar-refractivity contribution >= 4 is 5.91 Å². The molecule has 0 aliphatic carbocycles. The lowest BCUT2D eigenvalue weighted by atomic mass is 10.1. The lowest BCUT2D eigenvalue weighted by Gasteiger charge is -2.22. The number of carbonyl (C=O) groups excluding carboxylic acids is 1. The van der Waals surface area contributed by atoms with Gasteiger partial charge in [0, 0.05) is 31.1 Å². The number of benzene rings is 2. The molecule has 0 fully saturated rings. The van der Waals surface area contributed by atoms with E-state index in [9.17, 15) is 4.79 Å². The summed E-state index contributed by atoms with van der Waals surface area (Å²) in [6.45, 7) is 6.36. The fourth-order valence-electron chi connectivity index (χ4n) is 3.04. The second-order valence-electron chi connectivity index (χ2n) is 6.62. The molecule has 0 radical (unpaired) electrons. The van der Waals surface area contributed by atoms with E-state index in [2.05, 4.69) is 26.0 Å². The first-order valence-corrected chi connectivity index (χ1v) is 9.79. The second-order valence-corrected chi connectivity index (χ2v) is 6.62. The van der Waals surface area contributed by atoms with Crippen LogP contribution < -0.4 is 9.47 Å². The molecule has 2 rings (SSSR count). The van der Waals surface area contributed by atoms with Gasteiger partial charge in [-0.2, -0.15) is 0 Å². The van der Waals surface area contributed by atoms with Crippen LogP contribution in [0, 0.1) is 0 Å². The molecule has 0 bridgehead atoms. The van der Waals surface area contributed by atoms with Crippen LogP contribution in [0.1, 0.15) is 37.8 Å². The van der Waals surface area contributed by atoms with Crippen LogP contribution in [-0.4, -0.2) is 37.6 Å². The van der Waals surface area contributed by atoms with Gasteiger partial charge in [-0.15, -0.1) is 0 Å². The van der Waals surface area contributed by atoms with Gasteiger partial charge in [-0.05, 0) is 24.5 Å². The topological polar surface area (TPSA) is 38.8 Å². The van der Waals surface area contributed by atoms with Crippen molar-refractivity contribution in [3.05, 3.63) is 59.7 Å². The summed E-state index contributed by atoms with van der Waals surface area (Å²) in [4.78, 5) is 14.7. The molecule has 2 aromatic carbocycles. The van der Waals surface area contributed by atoms with Crippen molar-refractivity contribution in [1.29, 1.82) is 0 Å². The number of methoxy groups -OCH3 is 1. The molecular formula is C23H31NO3. The summed E-state index contributed by atoms with van der Waals surface area (Å²) in [5.41, 5.74) is 2.14. The van der Waals surface area contributed by atoms with Gasteiger partial charge < -0.3 is 14.4 Å². The molecule has 4 nitrogen and oxygen atoms in total. The molecule has 2 aromatic rings. The molecule has 4 heteroatoms. The normalized spacial score (nSPS) is 10.5. The van der Waals surface area contributed by atoms with Crippen molar-refractivity contribution in [2.24, 2.45) is 0 Å². The van der Waals surface area contributed by atoms with E-state index >= 15 is 0 Å². The van der Waals surface area contributed by atoms with Gasteiger partial charge in [0.05, 0.1) is 20.1 Å². The van der Waals surface area contributed by atoms with E-state index in [1.54, 1.807) is 7.11 Å². The Morgan fingerprint density at radius 1 is 1.00 bits per heavy atom. The summed E-state index contributed by atoms with van der Waals surface area (Å²) < 4.78 is 11.4. The molecule has 0 spiro atoms. The van der Waals surface area contributed by atoms with Gasteiger partial charge in [0.1, 0.15) is 11.5 Å². The van der Waals surface area contributed by atoms with Crippen LogP contribution in [0.3, 0.4) is 0 Å². The molecule has 1 amide bonds. The van der Waals surface area contributed by atoms with Crippen molar-refractivity contribution < 1.29 is 14.3 Å². The lowest BCUT2D eigenvalue weighted by Crippen LogP contribution is -2.33. The van der Waals surface area contributed by atoms with Gasteiger partial charge in [0.15, 0.2) is 0 Å². The van der Waals surface area contributed by atoms with Gasteiger partial charge in [-0.25, -0.2) is 0 Å². The fourth-order valence-corrected chi connectivity index (χ4v) is 3.04. The highest BCUT2D eigenvalue weighted by atomic mass is 16.5. The minimum atomic E-state index is 0.150. The molecule has 0 unspecified atom stereocenters. The fraction of sp³-hybridized carbons (Fsp3) is 0.435. The molecule has 0 saturated carbocycles. The summed E-state index contributed by atoms with van der Waals surface area (Å²) in [5, 5.41) is 0. The Kier molecular flexibility index (Phi) is 8.69. The second kappa shape index (κ2) is 11.3. The zero-order valence-corrected chi connectivity index (χ0v) is 16.7. The molecule has 0 aliphatic heterocycles. The number of nitrogens with zero attached hydrogens (tertiary/aromatic N) is 1. The standard InChI is InChI=1S/C23H31NO3/c1-4-14-24(15-5-2)23(25)17-20-11-12-21(26-3)18-22(20)27-16-13-19-9-7-6-8-10-19/h6-12,18H,4-5,13-17H2,1-3H3. The first-order valence-electron chi connectivity index (χ1n) is 9.79. The number of rotatable bonds is 11.